The molecule has 5 rings (SSSR count). The normalized spacial score (nSPS) is 25.1. The van der Waals surface area contributed by atoms with E-state index in [9.17, 15) is 4.79 Å². The lowest BCUT2D eigenvalue weighted by Crippen LogP contribution is -2.46. The van der Waals surface area contributed by atoms with Gasteiger partial charge in [0.15, 0.2) is 0 Å². The molecule has 2 aromatic rings. The van der Waals surface area contributed by atoms with Gasteiger partial charge in [-0.25, -0.2) is 4.79 Å². The van der Waals surface area contributed by atoms with Crippen LogP contribution in [-0.4, -0.2) is 57.2 Å². The molecule has 2 atom stereocenters. The van der Waals surface area contributed by atoms with Crippen LogP contribution in [0, 0.1) is 11.8 Å². The number of fused-ring (bicyclic) bond motifs is 1. The van der Waals surface area contributed by atoms with Gasteiger partial charge in [0.2, 0.25) is 0 Å². The molecule has 0 aliphatic heterocycles. The summed E-state index contributed by atoms with van der Waals surface area (Å²) in [6.07, 6.45) is -0.262. The molecule has 2 aromatic carbocycles. The molecule has 1 amide bonds. The molecule has 3 aliphatic rings. The van der Waals surface area contributed by atoms with Crippen LogP contribution in [-0.2, 0) is 4.74 Å². The molecule has 0 fully saturated rings. The summed E-state index contributed by atoms with van der Waals surface area (Å²) >= 11 is 0. The number of amides is 1. The fourth-order valence-corrected chi connectivity index (χ4v) is 5.09. The number of hydrogen-bond donors (Lipinski definition) is 0. The maximum Gasteiger partial charge on any atom is 0.409 e. The molecule has 0 aromatic heterocycles. The molecule has 27 heavy (non-hydrogen) atoms. The Morgan fingerprint density at radius 3 is 1.67 bits per heavy atom. The Morgan fingerprint density at radius 1 is 0.815 bits per heavy atom. The van der Waals surface area contributed by atoms with E-state index in [0.717, 1.165) is 6.54 Å². The molecular formula is C23H28N2O2. The van der Waals surface area contributed by atoms with Crippen LogP contribution < -0.4 is 0 Å². The molecule has 0 radical (unpaired) electrons. The minimum absolute atomic E-state index is 0.262. The summed E-state index contributed by atoms with van der Waals surface area (Å²) in [4.78, 5) is 15.9. The van der Waals surface area contributed by atoms with E-state index in [2.05, 4.69) is 67.5 Å². The maximum atomic E-state index is 12.1. The van der Waals surface area contributed by atoms with Gasteiger partial charge in [-0.1, -0.05) is 48.5 Å². The highest BCUT2D eigenvalue weighted by molar-refractivity contribution is 5.67. The summed E-state index contributed by atoms with van der Waals surface area (Å²) in [5.41, 5.74) is 5.70. The van der Waals surface area contributed by atoms with Crippen LogP contribution in [0.5, 0.6) is 0 Å². The first-order chi connectivity index (χ1) is 13.0. The largest absolute Gasteiger partial charge is 0.449 e. The number of hydrogen-bond acceptors (Lipinski definition) is 3. The van der Waals surface area contributed by atoms with E-state index >= 15 is 0 Å². The third-order valence-corrected chi connectivity index (χ3v) is 6.08. The Kier molecular flexibility index (Phi) is 4.68. The number of carbonyl (C=O) groups excluding carboxylic acids is 1. The molecule has 3 aliphatic carbocycles. The Balaban J connectivity index is 1.79. The van der Waals surface area contributed by atoms with Gasteiger partial charge in [0, 0.05) is 38.4 Å². The molecular weight excluding hydrogens is 336 g/mol. The fourth-order valence-electron chi connectivity index (χ4n) is 5.09. The van der Waals surface area contributed by atoms with Crippen molar-refractivity contribution in [1.82, 2.24) is 9.80 Å². The van der Waals surface area contributed by atoms with Gasteiger partial charge in [-0.15, -0.1) is 0 Å². The lowest BCUT2D eigenvalue weighted by atomic mass is 9.54. The molecule has 0 heterocycles. The third-order valence-electron chi connectivity index (χ3n) is 6.08. The van der Waals surface area contributed by atoms with Crippen molar-refractivity contribution >= 4 is 6.09 Å². The average molecular weight is 364 g/mol. The number of benzene rings is 2. The summed E-state index contributed by atoms with van der Waals surface area (Å²) in [6.45, 7) is 1.44. The number of carbonyl (C=O) groups is 1. The Bertz CT molecular complexity index is 798. The average Bonchev–Trinajstić information content (AvgIpc) is 2.66. The Hall–Kier alpha value is -2.33. The van der Waals surface area contributed by atoms with Crippen molar-refractivity contribution in [3.8, 4) is 0 Å². The molecule has 142 valence electrons. The van der Waals surface area contributed by atoms with E-state index < -0.39 is 0 Å². The van der Waals surface area contributed by atoms with Crippen molar-refractivity contribution in [2.75, 3.05) is 41.3 Å². The monoisotopic (exact) mass is 364 g/mol. The van der Waals surface area contributed by atoms with Crippen LogP contribution in [0.15, 0.2) is 48.5 Å². The predicted molar refractivity (Wildman–Crippen MR) is 107 cm³/mol. The zero-order valence-electron chi connectivity index (χ0n) is 16.6. The molecule has 0 N–H and O–H groups in total. The van der Waals surface area contributed by atoms with Crippen LogP contribution in [0.3, 0.4) is 0 Å². The smallest absolute Gasteiger partial charge is 0.409 e. The van der Waals surface area contributed by atoms with Crippen LogP contribution >= 0.6 is 0 Å². The predicted octanol–water partition coefficient (Wildman–Crippen LogP) is 3.77. The minimum Gasteiger partial charge on any atom is -0.449 e. The summed E-state index contributed by atoms with van der Waals surface area (Å²) in [7, 11) is 7.72. The molecule has 2 bridgehead atoms. The van der Waals surface area contributed by atoms with Gasteiger partial charge < -0.3 is 14.5 Å². The van der Waals surface area contributed by atoms with Crippen LogP contribution in [0.25, 0.3) is 0 Å². The van der Waals surface area contributed by atoms with Gasteiger partial charge in [-0.3, -0.25) is 0 Å². The lowest BCUT2D eigenvalue weighted by molar-refractivity contribution is 0.0640. The maximum absolute atomic E-state index is 12.1. The minimum atomic E-state index is -0.262. The molecule has 0 spiro atoms. The van der Waals surface area contributed by atoms with Crippen molar-refractivity contribution < 1.29 is 9.53 Å². The van der Waals surface area contributed by atoms with Gasteiger partial charge >= 0.3 is 6.09 Å². The molecule has 2 unspecified atom stereocenters. The van der Waals surface area contributed by atoms with Crippen molar-refractivity contribution in [2.24, 2.45) is 11.8 Å². The fraction of sp³-hybridized carbons (Fsp3) is 0.435. The van der Waals surface area contributed by atoms with Crippen molar-refractivity contribution in [2.45, 2.75) is 11.8 Å². The first-order valence-corrected chi connectivity index (χ1v) is 9.65. The number of rotatable bonds is 4. The van der Waals surface area contributed by atoms with E-state index in [1.54, 1.807) is 14.1 Å². The van der Waals surface area contributed by atoms with E-state index in [-0.39, 0.29) is 17.9 Å². The third kappa shape index (κ3) is 3.02. The highest BCUT2D eigenvalue weighted by Gasteiger charge is 2.49. The van der Waals surface area contributed by atoms with Crippen molar-refractivity contribution in [3.63, 3.8) is 0 Å². The first kappa shape index (κ1) is 18.1. The summed E-state index contributed by atoms with van der Waals surface area (Å²) in [5.74, 6) is 1.34. The van der Waals surface area contributed by atoms with Gasteiger partial charge in [-0.05, 0) is 42.3 Å². The van der Waals surface area contributed by atoms with Crippen molar-refractivity contribution in [1.29, 1.82) is 0 Å². The second kappa shape index (κ2) is 7.01. The first-order valence-electron chi connectivity index (χ1n) is 9.65. The second-order valence-corrected chi connectivity index (χ2v) is 8.27. The van der Waals surface area contributed by atoms with E-state index in [1.807, 2.05) is 0 Å². The number of nitrogens with zero attached hydrogens (tertiary/aromatic N) is 2. The van der Waals surface area contributed by atoms with Gasteiger partial charge in [0.05, 0.1) is 6.61 Å². The van der Waals surface area contributed by atoms with Gasteiger partial charge in [0.25, 0.3) is 0 Å². The SMILES string of the molecule is CN(C)CC1C2c3ccccc3C(c3ccccc32)C1COC(=O)N(C)C. The lowest BCUT2D eigenvalue weighted by Gasteiger charge is -2.51. The number of ether oxygens (including phenoxy) is 1. The summed E-state index contributed by atoms with van der Waals surface area (Å²) < 4.78 is 5.71. The highest BCUT2D eigenvalue weighted by Crippen LogP contribution is 2.58. The molecule has 0 saturated heterocycles. The summed E-state index contributed by atoms with van der Waals surface area (Å²) in [5, 5.41) is 0. The van der Waals surface area contributed by atoms with E-state index in [1.165, 1.54) is 27.2 Å². The van der Waals surface area contributed by atoms with E-state index in [0.29, 0.717) is 18.4 Å². The van der Waals surface area contributed by atoms with Gasteiger partial charge in [0.1, 0.15) is 0 Å². The summed E-state index contributed by atoms with van der Waals surface area (Å²) in [6, 6.07) is 17.6. The Morgan fingerprint density at radius 2 is 1.26 bits per heavy atom. The van der Waals surface area contributed by atoms with Crippen LogP contribution in [0.4, 0.5) is 4.79 Å². The zero-order chi connectivity index (χ0) is 19.1. The van der Waals surface area contributed by atoms with Crippen LogP contribution in [0.1, 0.15) is 34.1 Å². The quantitative estimate of drug-likeness (QED) is 0.828. The zero-order valence-corrected chi connectivity index (χ0v) is 16.6. The second-order valence-electron chi connectivity index (χ2n) is 8.27. The highest BCUT2D eigenvalue weighted by atomic mass is 16.6. The molecule has 0 saturated carbocycles. The standard InChI is InChI=1S/C23H28N2O2/c1-24(2)13-19-20(14-27-23(26)25(3)4)22-17-11-7-5-9-15(17)21(19)16-10-6-8-12-18(16)22/h5-12,19-22H,13-14H2,1-4H3. The molecule has 4 heteroatoms. The Labute approximate surface area is 161 Å². The van der Waals surface area contributed by atoms with E-state index in [4.69, 9.17) is 4.74 Å². The molecule has 4 nitrogen and oxygen atoms in total. The van der Waals surface area contributed by atoms with Crippen LogP contribution in [0.2, 0.25) is 0 Å². The van der Waals surface area contributed by atoms with Crippen molar-refractivity contribution in [3.05, 3.63) is 70.8 Å². The topological polar surface area (TPSA) is 32.8 Å². The van der Waals surface area contributed by atoms with Gasteiger partial charge in [-0.2, -0.15) is 0 Å².